The molecule has 1 saturated carbocycles. The van der Waals surface area contributed by atoms with Crippen molar-refractivity contribution < 1.29 is 23.0 Å². The summed E-state index contributed by atoms with van der Waals surface area (Å²) < 4.78 is 36.6. The maximum absolute atomic E-state index is 13.0. The van der Waals surface area contributed by atoms with Gasteiger partial charge in [0.25, 0.3) is 5.91 Å². The SMILES string of the molecule is COc1ccc(C(=O)N2CCC(NC(C)C3CC(F)(F)C3)CC2)cc1OC. The van der Waals surface area contributed by atoms with Gasteiger partial charge in [-0.25, -0.2) is 8.78 Å². The lowest BCUT2D eigenvalue weighted by Crippen LogP contribution is -2.52. The van der Waals surface area contributed by atoms with Gasteiger partial charge in [0.05, 0.1) is 14.2 Å². The summed E-state index contributed by atoms with van der Waals surface area (Å²) in [6.45, 7) is 3.29. The van der Waals surface area contributed by atoms with Crippen LogP contribution in [0.5, 0.6) is 11.5 Å². The van der Waals surface area contributed by atoms with Crippen LogP contribution in [-0.4, -0.2) is 56.1 Å². The highest BCUT2D eigenvalue weighted by Gasteiger charge is 2.47. The monoisotopic (exact) mass is 382 g/mol. The van der Waals surface area contributed by atoms with E-state index in [1.165, 1.54) is 0 Å². The molecule has 0 radical (unpaired) electrons. The highest BCUT2D eigenvalue weighted by Crippen LogP contribution is 2.44. The van der Waals surface area contributed by atoms with Crippen molar-refractivity contribution in [1.82, 2.24) is 10.2 Å². The Morgan fingerprint density at radius 1 is 1.19 bits per heavy atom. The number of rotatable bonds is 6. The van der Waals surface area contributed by atoms with Crippen molar-refractivity contribution in [3.8, 4) is 11.5 Å². The fourth-order valence-electron chi connectivity index (χ4n) is 3.97. The van der Waals surface area contributed by atoms with Crippen molar-refractivity contribution in [1.29, 1.82) is 0 Å². The van der Waals surface area contributed by atoms with Crippen LogP contribution in [0.3, 0.4) is 0 Å². The van der Waals surface area contributed by atoms with E-state index in [9.17, 15) is 13.6 Å². The van der Waals surface area contributed by atoms with Gasteiger partial charge in [0.1, 0.15) is 0 Å². The van der Waals surface area contributed by atoms with Crippen molar-refractivity contribution in [3.05, 3.63) is 23.8 Å². The van der Waals surface area contributed by atoms with Crippen molar-refractivity contribution in [2.24, 2.45) is 5.92 Å². The molecule has 1 aromatic rings. The smallest absolute Gasteiger partial charge is 0.253 e. The van der Waals surface area contributed by atoms with Crippen LogP contribution in [0.25, 0.3) is 0 Å². The number of hydrogen-bond acceptors (Lipinski definition) is 4. The predicted octanol–water partition coefficient (Wildman–Crippen LogP) is 3.33. The molecule has 0 bridgehead atoms. The van der Waals surface area contributed by atoms with Gasteiger partial charge in [0.15, 0.2) is 11.5 Å². The number of ether oxygens (including phenoxy) is 2. The summed E-state index contributed by atoms with van der Waals surface area (Å²) in [4.78, 5) is 14.6. The van der Waals surface area contributed by atoms with Crippen LogP contribution in [0.15, 0.2) is 18.2 Å². The Morgan fingerprint density at radius 2 is 1.81 bits per heavy atom. The lowest BCUT2D eigenvalue weighted by atomic mass is 9.76. The third-order valence-corrected chi connectivity index (χ3v) is 5.74. The average molecular weight is 382 g/mol. The summed E-state index contributed by atoms with van der Waals surface area (Å²) in [5.74, 6) is -1.33. The zero-order valence-electron chi connectivity index (χ0n) is 16.1. The molecule has 2 fully saturated rings. The average Bonchev–Trinajstić information content (AvgIpc) is 2.65. The maximum atomic E-state index is 13.0. The molecule has 1 heterocycles. The molecule has 1 atom stereocenters. The van der Waals surface area contributed by atoms with E-state index in [4.69, 9.17) is 9.47 Å². The number of halogens is 2. The minimum absolute atomic E-state index is 0.0161. The first-order chi connectivity index (χ1) is 12.8. The Balaban J connectivity index is 1.51. The van der Waals surface area contributed by atoms with Crippen LogP contribution in [0.1, 0.15) is 43.0 Å². The molecule has 1 aromatic carbocycles. The summed E-state index contributed by atoms with van der Waals surface area (Å²) in [6, 6.07) is 5.53. The number of alkyl halides is 2. The first-order valence-corrected chi connectivity index (χ1v) is 9.48. The Kier molecular flexibility index (Phi) is 5.89. The number of nitrogens with zero attached hydrogens (tertiary/aromatic N) is 1. The van der Waals surface area contributed by atoms with Gasteiger partial charge < -0.3 is 19.7 Å². The molecule has 0 spiro atoms. The number of amides is 1. The van der Waals surface area contributed by atoms with Crippen molar-refractivity contribution in [3.63, 3.8) is 0 Å². The summed E-state index contributed by atoms with van der Waals surface area (Å²) in [7, 11) is 3.10. The van der Waals surface area contributed by atoms with Crippen LogP contribution in [0.2, 0.25) is 0 Å². The van der Waals surface area contributed by atoms with Gasteiger partial charge in [-0.15, -0.1) is 0 Å². The maximum Gasteiger partial charge on any atom is 0.253 e. The van der Waals surface area contributed by atoms with Crippen LogP contribution >= 0.6 is 0 Å². The van der Waals surface area contributed by atoms with Gasteiger partial charge in [-0.2, -0.15) is 0 Å². The van der Waals surface area contributed by atoms with Gasteiger partial charge >= 0.3 is 0 Å². The van der Waals surface area contributed by atoms with Crippen LogP contribution in [0.4, 0.5) is 8.78 Å². The quantitative estimate of drug-likeness (QED) is 0.820. The molecule has 7 heteroatoms. The third kappa shape index (κ3) is 4.51. The zero-order valence-corrected chi connectivity index (χ0v) is 16.1. The molecule has 1 amide bonds. The van der Waals surface area contributed by atoms with Crippen molar-refractivity contribution >= 4 is 5.91 Å². The molecule has 5 nitrogen and oxygen atoms in total. The lowest BCUT2D eigenvalue weighted by Gasteiger charge is -2.41. The Morgan fingerprint density at radius 3 is 2.37 bits per heavy atom. The summed E-state index contributed by atoms with van der Waals surface area (Å²) in [5.41, 5.74) is 0.573. The van der Waals surface area contributed by atoms with E-state index >= 15 is 0 Å². The van der Waals surface area contributed by atoms with Crippen LogP contribution < -0.4 is 14.8 Å². The van der Waals surface area contributed by atoms with E-state index in [2.05, 4.69) is 5.32 Å². The predicted molar refractivity (Wildman–Crippen MR) is 98.7 cm³/mol. The van der Waals surface area contributed by atoms with Crippen molar-refractivity contribution in [2.45, 2.75) is 50.6 Å². The Hall–Kier alpha value is -1.89. The second kappa shape index (κ2) is 8.00. The molecule has 1 saturated heterocycles. The molecule has 1 aliphatic carbocycles. The summed E-state index contributed by atoms with van der Waals surface area (Å²) in [6.07, 6.45) is 1.62. The molecular formula is C20H28F2N2O3. The van der Waals surface area contributed by atoms with Gasteiger partial charge in [0.2, 0.25) is 5.92 Å². The molecule has 1 unspecified atom stereocenters. The van der Waals surface area contributed by atoms with Crippen molar-refractivity contribution in [2.75, 3.05) is 27.3 Å². The van der Waals surface area contributed by atoms with E-state index in [0.717, 1.165) is 12.8 Å². The minimum atomic E-state index is -2.48. The first-order valence-electron chi connectivity index (χ1n) is 9.48. The number of nitrogens with one attached hydrogen (secondary N) is 1. The standard InChI is InChI=1S/C20H28F2N2O3/c1-13(15-11-20(21,22)12-15)23-16-6-8-24(9-7-16)19(25)14-4-5-17(26-2)18(10-14)27-3/h4-5,10,13,15-16,23H,6-9,11-12H2,1-3H3. The molecule has 27 heavy (non-hydrogen) atoms. The fraction of sp³-hybridized carbons (Fsp3) is 0.650. The van der Waals surface area contributed by atoms with E-state index < -0.39 is 5.92 Å². The van der Waals surface area contributed by atoms with Gasteiger partial charge in [-0.05, 0) is 43.9 Å². The topological polar surface area (TPSA) is 50.8 Å². The molecule has 2 aliphatic rings. The molecule has 150 valence electrons. The van der Waals surface area contributed by atoms with E-state index in [1.807, 2.05) is 11.8 Å². The number of carbonyl (C=O) groups excluding carboxylic acids is 1. The second-order valence-corrected chi connectivity index (χ2v) is 7.62. The zero-order chi connectivity index (χ0) is 19.6. The number of carbonyl (C=O) groups is 1. The number of methoxy groups -OCH3 is 2. The molecule has 1 N–H and O–H groups in total. The summed E-state index contributed by atoms with van der Waals surface area (Å²) >= 11 is 0. The lowest BCUT2D eigenvalue weighted by molar-refractivity contribution is -0.118. The number of benzene rings is 1. The van der Waals surface area contributed by atoms with Crippen LogP contribution in [0, 0.1) is 5.92 Å². The third-order valence-electron chi connectivity index (χ3n) is 5.74. The number of likely N-dealkylation sites (tertiary alicyclic amines) is 1. The Bertz CT molecular complexity index is 667. The van der Waals surface area contributed by atoms with E-state index in [0.29, 0.717) is 30.2 Å². The normalized spacial score (nSPS) is 21.4. The second-order valence-electron chi connectivity index (χ2n) is 7.62. The Labute approximate surface area is 159 Å². The van der Waals surface area contributed by atoms with Gasteiger partial charge in [0, 0.05) is 43.6 Å². The number of hydrogen-bond donors (Lipinski definition) is 1. The number of piperidine rings is 1. The fourth-order valence-corrected chi connectivity index (χ4v) is 3.97. The van der Waals surface area contributed by atoms with Gasteiger partial charge in [-0.3, -0.25) is 4.79 Å². The first kappa shape index (κ1) is 19.9. The minimum Gasteiger partial charge on any atom is -0.493 e. The molecule has 0 aromatic heterocycles. The highest BCUT2D eigenvalue weighted by molar-refractivity contribution is 5.95. The molecular weight excluding hydrogens is 354 g/mol. The molecule has 3 rings (SSSR count). The van der Waals surface area contributed by atoms with E-state index in [1.54, 1.807) is 32.4 Å². The van der Waals surface area contributed by atoms with E-state index in [-0.39, 0.29) is 36.8 Å². The highest BCUT2D eigenvalue weighted by atomic mass is 19.3. The van der Waals surface area contributed by atoms with Crippen LogP contribution in [-0.2, 0) is 0 Å². The molecule has 1 aliphatic heterocycles. The van der Waals surface area contributed by atoms with Gasteiger partial charge in [-0.1, -0.05) is 0 Å². The summed E-state index contributed by atoms with van der Waals surface area (Å²) in [5, 5.41) is 3.48. The largest absolute Gasteiger partial charge is 0.493 e.